The first-order chi connectivity index (χ1) is 14.4. The number of hydrogen-bond donors (Lipinski definition) is 1. The predicted molar refractivity (Wildman–Crippen MR) is 116 cm³/mol. The van der Waals surface area contributed by atoms with Crippen molar-refractivity contribution in [2.75, 3.05) is 26.7 Å². The van der Waals surface area contributed by atoms with Crippen LogP contribution in [0, 0.1) is 18.8 Å². The molecule has 2 heterocycles. The van der Waals surface area contributed by atoms with Crippen LogP contribution >= 0.6 is 11.6 Å². The third kappa shape index (κ3) is 5.33. The van der Waals surface area contributed by atoms with Crippen LogP contribution in [0.3, 0.4) is 0 Å². The summed E-state index contributed by atoms with van der Waals surface area (Å²) in [5, 5.41) is 3.57. The summed E-state index contributed by atoms with van der Waals surface area (Å²) in [6, 6.07) is 5.02. The van der Waals surface area contributed by atoms with Crippen molar-refractivity contribution in [2.45, 2.75) is 33.2 Å². The molecular weight excluding hydrogens is 404 g/mol. The summed E-state index contributed by atoms with van der Waals surface area (Å²) >= 11 is 6.05. The maximum atomic E-state index is 12.9. The third-order valence-electron chi connectivity index (χ3n) is 5.60. The minimum Gasteiger partial charge on any atom is -0.496 e. The zero-order chi connectivity index (χ0) is 21.7. The molecule has 2 amide bonds. The molecule has 1 aromatic heterocycles. The number of halogens is 1. The van der Waals surface area contributed by atoms with E-state index in [-0.39, 0.29) is 17.7 Å². The molecule has 2 aromatic rings. The van der Waals surface area contributed by atoms with Gasteiger partial charge in [0.25, 0.3) is 5.91 Å². The van der Waals surface area contributed by atoms with Gasteiger partial charge in [0, 0.05) is 49.5 Å². The lowest BCUT2D eigenvalue weighted by molar-refractivity contribution is -0.126. The monoisotopic (exact) mass is 432 g/mol. The summed E-state index contributed by atoms with van der Waals surface area (Å²) in [5.74, 6) is 1.67. The van der Waals surface area contributed by atoms with Gasteiger partial charge in [0.05, 0.1) is 12.7 Å². The van der Waals surface area contributed by atoms with E-state index in [1.807, 2.05) is 13.1 Å². The number of methoxy groups -OCH3 is 1. The van der Waals surface area contributed by atoms with E-state index in [1.165, 1.54) is 7.11 Å². The standard InChI is InChI=1S/C22H29ClN4O3/c1-15(14-27-11-8-24-16(27)2)13-25-21(28)17-6-9-26(10-7-17)22(29)19-12-18(23)4-5-20(19)30-3/h4-5,8,11-12,15,17H,6-7,9-10,13-14H2,1-3H3,(H,25,28). The number of likely N-dealkylation sites (tertiary alicyclic amines) is 1. The lowest BCUT2D eigenvalue weighted by Crippen LogP contribution is -2.44. The highest BCUT2D eigenvalue weighted by atomic mass is 35.5. The molecule has 1 aromatic carbocycles. The largest absolute Gasteiger partial charge is 0.496 e. The van der Waals surface area contributed by atoms with Gasteiger partial charge in [-0.1, -0.05) is 18.5 Å². The molecule has 1 aliphatic heterocycles. The molecule has 1 unspecified atom stereocenters. The first-order valence-corrected chi connectivity index (χ1v) is 10.6. The minimum absolute atomic E-state index is 0.0663. The van der Waals surface area contributed by atoms with Crippen LogP contribution in [0.15, 0.2) is 30.6 Å². The van der Waals surface area contributed by atoms with E-state index in [2.05, 4.69) is 21.8 Å². The smallest absolute Gasteiger partial charge is 0.257 e. The number of hydrogen-bond acceptors (Lipinski definition) is 4. The molecule has 7 nitrogen and oxygen atoms in total. The average Bonchev–Trinajstić information content (AvgIpc) is 3.15. The second-order valence-corrected chi connectivity index (χ2v) is 8.32. The van der Waals surface area contributed by atoms with Crippen molar-refractivity contribution >= 4 is 23.4 Å². The number of rotatable bonds is 7. The van der Waals surface area contributed by atoms with Crippen LogP contribution in [0.25, 0.3) is 0 Å². The molecule has 3 rings (SSSR count). The molecule has 162 valence electrons. The molecule has 0 saturated carbocycles. The summed E-state index contributed by atoms with van der Waals surface area (Å²) in [6.45, 7) is 6.60. The Morgan fingerprint density at radius 2 is 2.07 bits per heavy atom. The van der Waals surface area contributed by atoms with Crippen molar-refractivity contribution in [1.82, 2.24) is 19.8 Å². The van der Waals surface area contributed by atoms with E-state index in [1.54, 1.807) is 29.3 Å². The van der Waals surface area contributed by atoms with Crippen molar-refractivity contribution in [3.05, 3.63) is 47.0 Å². The van der Waals surface area contributed by atoms with Crippen LogP contribution in [-0.4, -0.2) is 53.0 Å². The van der Waals surface area contributed by atoms with Gasteiger partial charge in [0.2, 0.25) is 5.91 Å². The normalized spacial score (nSPS) is 15.7. The molecule has 1 fully saturated rings. The Hall–Kier alpha value is -2.54. The van der Waals surface area contributed by atoms with Crippen LogP contribution in [0.4, 0.5) is 0 Å². The van der Waals surface area contributed by atoms with E-state index in [4.69, 9.17) is 16.3 Å². The van der Waals surface area contributed by atoms with Gasteiger partial charge < -0.3 is 19.5 Å². The summed E-state index contributed by atoms with van der Waals surface area (Å²) in [6.07, 6.45) is 5.04. The Kier molecular flexibility index (Phi) is 7.37. The number of carbonyl (C=O) groups excluding carboxylic acids is 2. The highest BCUT2D eigenvalue weighted by Gasteiger charge is 2.29. The zero-order valence-electron chi connectivity index (χ0n) is 17.7. The highest BCUT2D eigenvalue weighted by molar-refractivity contribution is 6.31. The second-order valence-electron chi connectivity index (χ2n) is 7.89. The fourth-order valence-corrected chi connectivity index (χ4v) is 3.95. The summed E-state index contributed by atoms with van der Waals surface area (Å²) in [4.78, 5) is 31.5. The molecule has 1 atom stereocenters. The number of nitrogens with one attached hydrogen (secondary N) is 1. The maximum absolute atomic E-state index is 12.9. The predicted octanol–water partition coefficient (Wildman–Crippen LogP) is 3.16. The first-order valence-electron chi connectivity index (χ1n) is 10.3. The number of piperidine rings is 1. The van der Waals surface area contributed by atoms with Gasteiger partial charge in [-0.2, -0.15) is 0 Å². The molecule has 8 heteroatoms. The number of amides is 2. The number of ether oxygens (including phenoxy) is 1. The molecular formula is C22H29ClN4O3. The summed E-state index contributed by atoms with van der Waals surface area (Å²) in [5.41, 5.74) is 0.455. The SMILES string of the molecule is COc1ccc(Cl)cc1C(=O)N1CCC(C(=O)NCC(C)Cn2ccnc2C)CC1. The lowest BCUT2D eigenvalue weighted by Gasteiger charge is -2.32. The maximum Gasteiger partial charge on any atom is 0.257 e. The van der Waals surface area contributed by atoms with E-state index in [0.717, 1.165) is 12.4 Å². The van der Waals surface area contributed by atoms with E-state index >= 15 is 0 Å². The molecule has 1 saturated heterocycles. The van der Waals surface area contributed by atoms with Gasteiger partial charge in [0.15, 0.2) is 0 Å². The number of aromatic nitrogens is 2. The summed E-state index contributed by atoms with van der Waals surface area (Å²) < 4.78 is 7.38. The quantitative estimate of drug-likeness (QED) is 0.729. The number of aryl methyl sites for hydroxylation is 1. The van der Waals surface area contributed by atoms with Gasteiger partial charge in [-0.3, -0.25) is 9.59 Å². The molecule has 0 radical (unpaired) electrons. The zero-order valence-corrected chi connectivity index (χ0v) is 18.5. The van der Waals surface area contributed by atoms with Crippen LogP contribution in [0.1, 0.15) is 35.9 Å². The number of nitrogens with zero attached hydrogens (tertiary/aromatic N) is 3. The van der Waals surface area contributed by atoms with Crippen molar-refractivity contribution < 1.29 is 14.3 Å². The topological polar surface area (TPSA) is 76.5 Å². The number of carbonyl (C=O) groups is 2. The Bertz CT molecular complexity index is 890. The van der Waals surface area contributed by atoms with E-state index < -0.39 is 0 Å². The fourth-order valence-electron chi connectivity index (χ4n) is 3.78. The van der Waals surface area contributed by atoms with Crippen molar-refractivity contribution in [3.63, 3.8) is 0 Å². The van der Waals surface area contributed by atoms with Crippen LogP contribution in [-0.2, 0) is 11.3 Å². The summed E-state index contributed by atoms with van der Waals surface area (Å²) in [7, 11) is 1.53. The third-order valence-corrected chi connectivity index (χ3v) is 5.84. The highest BCUT2D eigenvalue weighted by Crippen LogP contribution is 2.26. The number of benzene rings is 1. The Balaban J connectivity index is 1.48. The van der Waals surface area contributed by atoms with Crippen LogP contribution in [0.2, 0.25) is 5.02 Å². The van der Waals surface area contributed by atoms with Crippen molar-refractivity contribution in [3.8, 4) is 5.75 Å². The van der Waals surface area contributed by atoms with Crippen molar-refractivity contribution in [1.29, 1.82) is 0 Å². The van der Waals surface area contributed by atoms with Crippen LogP contribution in [0.5, 0.6) is 5.75 Å². The molecule has 0 aliphatic carbocycles. The Morgan fingerprint density at radius 1 is 1.33 bits per heavy atom. The van der Waals surface area contributed by atoms with Gasteiger partial charge in [-0.25, -0.2) is 4.98 Å². The fraction of sp³-hybridized carbons (Fsp3) is 0.500. The van der Waals surface area contributed by atoms with E-state index in [9.17, 15) is 9.59 Å². The first kappa shape index (κ1) is 22.2. The van der Waals surface area contributed by atoms with Gasteiger partial charge >= 0.3 is 0 Å². The Labute approximate surface area is 182 Å². The average molecular weight is 433 g/mol. The van der Waals surface area contributed by atoms with Gasteiger partial charge in [-0.05, 0) is 43.9 Å². The second kappa shape index (κ2) is 9.98. The minimum atomic E-state index is -0.113. The molecule has 0 bridgehead atoms. The molecule has 1 N–H and O–H groups in total. The van der Waals surface area contributed by atoms with Crippen molar-refractivity contribution in [2.24, 2.45) is 11.8 Å². The molecule has 30 heavy (non-hydrogen) atoms. The molecule has 0 spiro atoms. The van der Waals surface area contributed by atoms with Gasteiger partial charge in [-0.15, -0.1) is 0 Å². The Morgan fingerprint density at radius 3 is 2.70 bits per heavy atom. The number of imidazole rings is 1. The molecule has 1 aliphatic rings. The lowest BCUT2D eigenvalue weighted by atomic mass is 9.95. The van der Waals surface area contributed by atoms with Crippen LogP contribution < -0.4 is 10.1 Å². The van der Waals surface area contributed by atoms with Gasteiger partial charge in [0.1, 0.15) is 11.6 Å². The van der Waals surface area contributed by atoms with E-state index in [0.29, 0.717) is 54.7 Å².